The molecule has 182 valence electrons. The summed E-state index contributed by atoms with van der Waals surface area (Å²) < 4.78 is 18.2. The maximum atomic E-state index is 11.8. The molecule has 0 radical (unpaired) electrons. The van der Waals surface area contributed by atoms with E-state index in [1.165, 1.54) is 27.8 Å². The second-order valence-corrected chi connectivity index (χ2v) is 6.50. The molecule has 13 nitrogen and oxygen atoms in total. The number of hydrogen-bond donors (Lipinski definition) is 3. The molecule has 0 aliphatic carbocycles. The Morgan fingerprint density at radius 2 is 1.31 bits per heavy atom. The predicted molar refractivity (Wildman–Crippen MR) is 105 cm³/mol. The summed E-state index contributed by atoms with van der Waals surface area (Å²) >= 11 is 0. The van der Waals surface area contributed by atoms with Gasteiger partial charge in [0.05, 0.1) is 13.2 Å². The van der Waals surface area contributed by atoms with Gasteiger partial charge in [-0.2, -0.15) is 0 Å². The topological polar surface area (TPSA) is 186 Å². The fraction of sp³-hybridized carbons (Fsp3) is 0.632. The Kier molecular flexibility index (Phi) is 12.8. The van der Waals surface area contributed by atoms with Crippen LogP contribution in [0.1, 0.15) is 20.8 Å². The molecule has 3 N–H and O–H groups in total. The zero-order valence-electron chi connectivity index (χ0n) is 18.3. The van der Waals surface area contributed by atoms with Crippen molar-refractivity contribution in [3.63, 3.8) is 0 Å². The van der Waals surface area contributed by atoms with Crippen LogP contribution < -0.4 is 0 Å². The Hall–Kier alpha value is -3.03. The number of nitrogens with zero attached hydrogens (tertiary/aromatic N) is 1. The van der Waals surface area contributed by atoms with Gasteiger partial charge in [0, 0.05) is 19.2 Å². The SMILES string of the molecule is C=C(C)C(=O)N(C)CC(O)C(O)C(O)C(COC(=O)C(=O)OCC)OC(=O)C(=O)OCC. The van der Waals surface area contributed by atoms with Gasteiger partial charge < -0.3 is 39.2 Å². The number of rotatable bonds is 11. The average Bonchev–Trinajstić information content (AvgIpc) is 2.74. The van der Waals surface area contributed by atoms with E-state index in [-0.39, 0.29) is 18.8 Å². The molecule has 0 aromatic carbocycles. The lowest BCUT2D eigenvalue weighted by atomic mass is 10.0. The fourth-order valence-corrected chi connectivity index (χ4v) is 2.23. The number of carbonyl (C=O) groups is 5. The monoisotopic (exact) mass is 463 g/mol. The van der Waals surface area contributed by atoms with Crippen molar-refractivity contribution >= 4 is 29.8 Å². The highest BCUT2D eigenvalue weighted by molar-refractivity contribution is 6.30. The summed E-state index contributed by atoms with van der Waals surface area (Å²) in [7, 11) is 1.30. The van der Waals surface area contributed by atoms with Crippen molar-refractivity contribution in [2.75, 3.05) is 33.4 Å². The largest absolute Gasteiger partial charge is 0.458 e. The van der Waals surface area contributed by atoms with Gasteiger partial charge in [-0.3, -0.25) is 4.79 Å². The molecule has 4 unspecified atom stereocenters. The van der Waals surface area contributed by atoms with Crippen LogP contribution in [0.15, 0.2) is 12.2 Å². The van der Waals surface area contributed by atoms with Gasteiger partial charge in [-0.1, -0.05) is 6.58 Å². The van der Waals surface area contributed by atoms with Crippen molar-refractivity contribution in [1.29, 1.82) is 0 Å². The molecule has 1 amide bonds. The van der Waals surface area contributed by atoms with Gasteiger partial charge in [0.25, 0.3) is 0 Å². The van der Waals surface area contributed by atoms with Gasteiger partial charge in [-0.25, -0.2) is 19.2 Å². The van der Waals surface area contributed by atoms with Crippen molar-refractivity contribution in [2.24, 2.45) is 0 Å². The number of hydrogen-bond acceptors (Lipinski definition) is 12. The number of likely N-dealkylation sites (N-methyl/N-ethyl adjacent to an activating group) is 1. The molecule has 0 aromatic rings. The third-order valence-electron chi connectivity index (χ3n) is 3.82. The van der Waals surface area contributed by atoms with E-state index in [1.807, 2.05) is 0 Å². The summed E-state index contributed by atoms with van der Waals surface area (Å²) in [5.74, 6) is -6.40. The number of aliphatic hydroxyl groups is 3. The number of carbonyl (C=O) groups excluding carboxylic acids is 5. The number of esters is 4. The van der Waals surface area contributed by atoms with E-state index in [2.05, 4.69) is 20.8 Å². The quantitative estimate of drug-likeness (QED) is 0.129. The zero-order chi connectivity index (χ0) is 25.0. The number of ether oxygens (including phenoxy) is 4. The molecule has 13 heteroatoms. The Morgan fingerprint density at radius 3 is 1.78 bits per heavy atom. The summed E-state index contributed by atoms with van der Waals surface area (Å²) in [6.07, 6.45) is -7.77. The van der Waals surface area contributed by atoms with Crippen LogP contribution in [0.2, 0.25) is 0 Å². The molecule has 0 rings (SSSR count). The second kappa shape index (κ2) is 14.1. The van der Waals surface area contributed by atoms with E-state index in [4.69, 9.17) is 4.74 Å². The molecular formula is C19H29NO12. The molecule has 0 saturated carbocycles. The average molecular weight is 463 g/mol. The van der Waals surface area contributed by atoms with Gasteiger partial charge >= 0.3 is 23.9 Å². The van der Waals surface area contributed by atoms with Crippen molar-refractivity contribution in [3.8, 4) is 0 Å². The van der Waals surface area contributed by atoms with E-state index in [9.17, 15) is 39.3 Å². The van der Waals surface area contributed by atoms with Crippen LogP contribution >= 0.6 is 0 Å². The molecule has 0 aromatic heterocycles. The maximum absolute atomic E-state index is 11.8. The van der Waals surface area contributed by atoms with Crippen LogP contribution in [0.4, 0.5) is 0 Å². The van der Waals surface area contributed by atoms with Crippen molar-refractivity contribution < 1.29 is 58.2 Å². The second-order valence-electron chi connectivity index (χ2n) is 6.50. The standard InChI is InChI=1S/C19H29NO12/c1-6-29-16(25)17(26)31-9-12(32-19(28)18(27)30-7-2)14(23)13(22)11(21)8-20(5)15(24)10(3)4/h11-14,21-23H,3,6-9H2,1-2,4-5H3. The van der Waals surface area contributed by atoms with Crippen LogP contribution in [-0.2, 0) is 42.9 Å². The third kappa shape index (κ3) is 9.41. The van der Waals surface area contributed by atoms with Gasteiger partial charge in [0.15, 0.2) is 6.10 Å². The highest BCUT2D eigenvalue weighted by Gasteiger charge is 2.37. The minimum absolute atomic E-state index is 0.126. The Morgan fingerprint density at radius 1 is 0.844 bits per heavy atom. The van der Waals surface area contributed by atoms with Gasteiger partial charge in [-0.15, -0.1) is 0 Å². The van der Waals surface area contributed by atoms with Crippen LogP contribution in [0.5, 0.6) is 0 Å². The van der Waals surface area contributed by atoms with E-state index in [0.717, 1.165) is 4.90 Å². The first-order chi connectivity index (χ1) is 14.9. The lowest BCUT2D eigenvalue weighted by Crippen LogP contribution is -2.52. The summed E-state index contributed by atoms with van der Waals surface area (Å²) in [4.78, 5) is 59.1. The molecule has 0 saturated heterocycles. The summed E-state index contributed by atoms with van der Waals surface area (Å²) in [5.41, 5.74) is 0.154. The van der Waals surface area contributed by atoms with Crippen LogP contribution in [-0.4, -0.2) is 108 Å². The lowest BCUT2D eigenvalue weighted by Gasteiger charge is -2.30. The normalized spacial score (nSPS) is 14.2. The summed E-state index contributed by atoms with van der Waals surface area (Å²) in [6, 6.07) is 0. The first-order valence-electron chi connectivity index (χ1n) is 9.53. The maximum Gasteiger partial charge on any atom is 0.417 e. The molecule has 0 heterocycles. The van der Waals surface area contributed by atoms with E-state index >= 15 is 0 Å². The highest BCUT2D eigenvalue weighted by Crippen LogP contribution is 2.12. The Balaban J connectivity index is 5.38. The van der Waals surface area contributed by atoms with E-state index in [0.29, 0.717) is 0 Å². The van der Waals surface area contributed by atoms with Crippen LogP contribution in [0.3, 0.4) is 0 Å². The molecule has 0 bridgehead atoms. The minimum Gasteiger partial charge on any atom is -0.458 e. The smallest absolute Gasteiger partial charge is 0.417 e. The number of aliphatic hydroxyl groups excluding tert-OH is 3. The van der Waals surface area contributed by atoms with Gasteiger partial charge in [0.1, 0.15) is 24.9 Å². The van der Waals surface area contributed by atoms with Crippen LogP contribution in [0, 0.1) is 0 Å². The molecule has 0 fully saturated rings. The summed E-state index contributed by atoms with van der Waals surface area (Å²) in [5, 5.41) is 30.7. The Bertz CT molecular complexity index is 706. The first-order valence-corrected chi connectivity index (χ1v) is 9.53. The number of amides is 1. The van der Waals surface area contributed by atoms with Crippen LogP contribution in [0.25, 0.3) is 0 Å². The van der Waals surface area contributed by atoms with Crippen molar-refractivity contribution in [2.45, 2.75) is 45.2 Å². The molecular weight excluding hydrogens is 434 g/mol. The molecule has 0 spiro atoms. The van der Waals surface area contributed by atoms with Gasteiger partial charge in [-0.05, 0) is 20.8 Å². The Labute approximate surface area is 184 Å². The van der Waals surface area contributed by atoms with Crippen molar-refractivity contribution in [3.05, 3.63) is 12.2 Å². The molecule has 0 aliphatic rings. The third-order valence-corrected chi connectivity index (χ3v) is 3.82. The molecule has 4 atom stereocenters. The van der Waals surface area contributed by atoms with Gasteiger partial charge in [0.2, 0.25) is 5.91 Å². The lowest BCUT2D eigenvalue weighted by molar-refractivity contribution is -0.188. The predicted octanol–water partition coefficient (Wildman–Crippen LogP) is -2.32. The fourth-order valence-electron chi connectivity index (χ4n) is 2.23. The van der Waals surface area contributed by atoms with E-state index in [1.54, 1.807) is 0 Å². The highest BCUT2D eigenvalue weighted by atomic mass is 16.6. The summed E-state index contributed by atoms with van der Waals surface area (Å²) in [6.45, 7) is 6.02. The first kappa shape index (κ1) is 29.0. The van der Waals surface area contributed by atoms with E-state index < -0.39 is 67.4 Å². The molecule has 32 heavy (non-hydrogen) atoms. The van der Waals surface area contributed by atoms with Crippen molar-refractivity contribution in [1.82, 2.24) is 4.90 Å². The zero-order valence-corrected chi connectivity index (χ0v) is 18.3. The minimum atomic E-state index is -2.10. The molecule has 0 aliphatic heterocycles.